The van der Waals surface area contributed by atoms with E-state index < -0.39 is 6.04 Å². The number of rotatable bonds is 5. The summed E-state index contributed by atoms with van der Waals surface area (Å²) in [4.78, 5) is 37.5. The lowest BCUT2D eigenvalue weighted by Gasteiger charge is -2.11. The van der Waals surface area contributed by atoms with Crippen molar-refractivity contribution in [3.8, 4) is 10.6 Å². The Balaban J connectivity index is 1.43. The van der Waals surface area contributed by atoms with Gasteiger partial charge in [0.05, 0.1) is 11.8 Å². The van der Waals surface area contributed by atoms with Crippen LogP contribution in [0.4, 0.5) is 5.82 Å². The van der Waals surface area contributed by atoms with E-state index in [0.29, 0.717) is 30.9 Å². The largest absolute Gasteiger partial charge is 0.371 e. The molecule has 1 saturated heterocycles. The van der Waals surface area contributed by atoms with Gasteiger partial charge in [-0.3, -0.25) is 9.59 Å². The molecule has 1 aliphatic rings. The van der Waals surface area contributed by atoms with Gasteiger partial charge >= 0.3 is 0 Å². The molecular weight excluding hydrogens is 414 g/mol. The number of hydrogen-bond donors (Lipinski definition) is 3. The molecule has 3 aromatic heterocycles. The van der Waals surface area contributed by atoms with Crippen LogP contribution in [-0.4, -0.2) is 44.4 Å². The molecule has 158 valence electrons. The maximum absolute atomic E-state index is 12.3. The smallest absolute Gasteiger partial charge is 0.242 e. The maximum atomic E-state index is 12.3. The molecule has 3 N–H and O–H groups in total. The number of anilines is 1. The number of aryl methyl sites for hydroxylation is 1. The van der Waals surface area contributed by atoms with Crippen LogP contribution in [0.25, 0.3) is 32.0 Å². The zero-order chi connectivity index (χ0) is 21.5. The van der Waals surface area contributed by atoms with E-state index in [0.717, 1.165) is 31.9 Å². The molecule has 1 aromatic carbocycles. The molecule has 10 heteroatoms. The normalized spacial score (nSPS) is 16.1. The Morgan fingerprint density at radius 2 is 2.23 bits per heavy atom. The van der Waals surface area contributed by atoms with E-state index in [1.807, 2.05) is 42.9 Å². The molecular formula is C21H21N7O2S. The molecule has 5 rings (SSSR count). The number of amides is 2. The first kappa shape index (κ1) is 19.4. The van der Waals surface area contributed by atoms with Crippen LogP contribution in [0.3, 0.4) is 0 Å². The summed E-state index contributed by atoms with van der Waals surface area (Å²) in [6, 6.07) is 7.49. The van der Waals surface area contributed by atoms with E-state index in [-0.39, 0.29) is 11.8 Å². The second kappa shape index (κ2) is 7.62. The highest BCUT2D eigenvalue weighted by Crippen LogP contribution is 2.36. The van der Waals surface area contributed by atoms with Crippen molar-refractivity contribution in [2.45, 2.75) is 25.4 Å². The number of hydrogen-bond acceptors (Lipinski definition) is 7. The fourth-order valence-electron chi connectivity index (χ4n) is 3.81. The lowest BCUT2D eigenvalue weighted by molar-refractivity contribution is -0.125. The Labute approximate surface area is 181 Å². The van der Waals surface area contributed by atoms with Gasteiger partial charge < -0.3 is 20.5 Å². The number of aromatic nitrogens is 4. The first-order valence-electron chi connectivity index (χ1n) is 9.99. The number of nitrogens with zero attached hydrogens (tertiary/aromatic N) is 4. The minimum absolute atomic E-state index is 0.0736. The minimum Gasteiger partial charge on any atom is -0.371 e. The van der Waals surface area contributed by atoms with E-state index in [1.54, 1.807) is 17.7 Å². The highest BCUT2D eigenvalue weighted by Gasteiger charge is 2.26. The van der Waals surface area contributed by atoms with Gasteiger partial charge in [0.15, 0.2) is 11.5 Å². The fourth-order valence-corrected chi connectivity index (χ4v) is 4.90. The fraction of sp³-hybridized carbons (Fsp3) is 0.286. The second-order valence-electron chi connectivity index (χ2n) is 7.51. The molecule has 4 aromatic rings. The van der Waals surface area contributed by atoms with E-state index >= 15 is 0 Å². The summed E-state index contributed by atoms with van der Waals surface area (Å²) in [7, 11) is 3.79. The van der Waals surface area contributed by atoms with Gasteiger partial charge in [0.2, 0.25) is 11.8 Å². The molecule has 0 saturated carbocycles. The molecule has 1 aliphatic heterocycles. The zero-order valence-electron chi connectivity index (χ0n) is 17.1. The molecule has 31 heavy (non-hydrogen) atoms. The predicted octanol–water partition coefficient (Wildman–Crippen LogP) is 2.18. The topological polar surface area (TPSA) is 114 Å². The number of imidazole rings is 1. The van der Waals surface area contributed by atoms with Crippen LogP contribution in [0, 0.1) is 0 Å². The van der Waals surface area contributed by atoms with Crippen LogP contribution in [0.5, 0.6) is 0 Å². The Hall–Kier alpha value is -3.53. The Morgan fingerprint density at radius 1 is 1.35 bits per heavy atom. The third-order valence-electron chi connectivity index (χ3n) is 5.39. The van der Waals surface area contributed by atoms with Gasteiger partial charge in [-0.05, 0) is 18.1 Å². The van der Waals surface area contributed by atoms with Crippen molar-refractivity contribution in [1.82, 2.24) is 30.2 Å². The molecule has 4 heterocycles. The molecule has 0 unspecified atom stereocenters. The molecule has 0 radical (unpaired) electrons. The summed E-state index contributed by atoms with van der Waals surface area (Å²) in [5, 5.41) is 9.55. The van der Waals surface area contributed by atoms with Gasteiger partial charge in [-0.25, -0.2) is 15.0 Å². The van der Waals surface area contributed by atoms with Crippen molar-refractivity contribution in [2.75, 3.05) is 12.4 Å². The van der Waals surface area contributed by atoms with E-state index in [2.05, 4.69) is 25.9 Å². The number of nitrogens with one attached hydrogen (secondary N) is 3. The highest BCUT2D eigenvalue weighted by atomic mass is 32.1. The molecule has 9 nitrogen and oxygen atoms in total. The van der Waals surface area contributed by atoms with Gasteiger partial charge in [0.25, 0.3) is 0 Å². The van der Waals surface area contributed by atoms with Crippen molar-refractivity contribution < 1.29 is 9.59 Å². The lowest BCUT2D eigenvalue weighted by Crippen LogP contribution is -2.41. The van der Waals surface area contributed by atoms with Gasteiger partial charge in [0.1, 0.15) is 21.3 Å². The van der Waals surface area contributed by atoms with E-state index in [9.17, 15) is 9.59 Å². The molecule has 1 fully saturated rings. The van der Waals surface area contributed by atoms with Crippen molar-refractivity contribution in [3.63, 3.8) is 0 Å². The summed E-state index contributed by atoms with van der Waals surface area (Å²) in [6.07, 6.45) is 2.72. The third-order valence-corrected chi connectivity index (χ3v) is 6.49. The van der Waals surface area contributed by atoms with Gasteiger partial charge in [-0.1, -0.05) is 18.2 Å². The summed E-state index contributed by atoms with van der Waals surface area (Å²) in [5.74, 6) is 0.476. The number of benzene rings is 1. The number of carbonyl (C=O) groups excluding carboxylic acids is 2. The van der Waals surface area contributed by atoms with Gasteiger partial charge in [0, 0.05) is 32.6 Å². The SMILES string of the molecule is CNc1nc2nc(-c3cccc(CNC(=O)[C@H]4CCC(=O)N4)c3)sc2c2c1ncn2C. The number of fused-ring (bicyclic) bond motifs is 3. The van der Waals surface area contributed by atoms with E-state index in [1.165, 1.54) is 0 Å². The summed E-state index contributed by atoms with van der Waals surface area (Å²) < 4.78 is 2.97. The summed E-state index contributed by atoms with van der Waals surface area (Å²) in [5.41, 5.74) is 4.42. The quantitative estimate of drug-likeness (QED) is 0.443. The molecule has 0 aliphatic carbocycles. The highest BCUT2D eigenvalue weighted by molar-refractivity contribution is 7.22. The predicted molar refractivity (Wildman–Crippen MR) is 120 cm³/mol. The van der Waals surface area contributed by atoms with Crippen LogP contribution in [0.1, 0.15) is 18.4 Å². The van der Waals surface area contributed by atoms with Crippen LogP contribution in [0.2, 0.25) is 0 Å². The minimum atomic E-state index is -0.436. The summed E-state index contributed by atoms with van der Waals surface area (Å²) in [6.45, 7) is 0.387. The molecule has 0 spiro atoms. The average Bonchev–Trinajstić information content (AvgIpc) is 3.49. The lowest BCUT2D eigenvalue weighted by atomic mass is 10.1. The first-order chi connectivity index (χ1) is 15.0. The molecule has 1 atom stereocenters. The van der Waals surface area contributed by atoms with Gasteiger partial charge in [-0.15, -0.1) is 11.3 Å². The standard InChI is InChI=1S/C21H21N7O2S/c1-22-18-15-16(28(2)10-24-15)17-19(26-18)27-21(31-17)12-5-3-4-11(8-12)9-23-20(30)13-6-7-14(29)25-13/h3-5,8,10,13H,6-7,9H2,1-2H3,(H,22,26)(H,23,30)(H,25,29)/t13-/m1/s1. The van der Waals surface area contributed by atoms with Crippen molar-refractivity contribution in [1.29, 1.82) is 0 Å². The van der Waals surface area contributed by atoms with Crippen LogP contribution < -0.4 is 16.0 Å². The monoisotopic (exact) mass is 435 g/mol. The van der Waals surface area contributed by atoms with Crippen LogP contribution >= 0.6 is 11.3 Å². The van der Waals surface area contributed by atoms with Crippen LogP contribution in [0.15, 0.2) is 30.6 Å². The number of pyridine rings is 1. The zero-order valence-corrected chi connectivity index (χ0v) is 17.9. The maximum Gasteiger partial charge on any atom is 0.242 e. The van der Waals surface area contributed by atoms with E-state index in [4.69, 9.17) is 4.98 Å². The Kier molecular flexibility index (Phi) is 4.78. The van der Waals surface area contributed by atoms with Crippen molar-refractivity contribution >= 4 is 50.3 Å². The molecule has 2 amide bonds. The average molecular weight is 436 g/mol. The number of carbonyl (C=O) groups is 2. The number of thiazole rings is 1. The third kappa shape index (κ3) is 3.48. The molecule has 0 bridgehead atoms. The van der Waals surface area contributed by atoms with Crippen LogP contribution in [-0.2, 0) is 23.2 Å². The first-order valence-corrected chi connectivity index (χ1v) is 10.8. The van der Waals surface area contributed by atoms with Crippen molar-refractivity contribution in [2.24, 2.45) is 7.05 Å². The van der Waals surface area contributed by atoms with Gasteiger partial charge in [-0.2, -0.15) is 0 Å². The summed E-state index contributed by atoms with van der Waals surface area (Å²) >= 11 is 1.57. The Bertz CT molecular complexity index is 1330. The second-order valence-corrected chi connectivity index (χ2v) is 8.51. The van der Waals surface area contributed by atoms with Crippen molar-refractivity contribution in [3.05, 3.63) is 36.2 Å². The Morgan fingerprint density at radius 3 is 3.00 bits per heavy atom.